The Kier molecular flexibility index (Phi) is 8.35. The van der Waals surface area contributed by atoms with Crippen LogP contribution in [0.3, 0.4) is 0 Å². The molecule has 0 aromatic heterocycles. The number of aliphatic hydroxyl groups excluding tert-OH is 2. The zero-order chi connectivity index (χ0) is 15.7. The summed E-state index contributed by atoms with van der Waals surface area (Å²) in [6, 6.07) is 8.02. The summed E-state index contributed by atoms with van der Waals surface area (Å²) < 4.78 is 5.77. The number of hydrogen-bond acceptors (Lipinski definition) is 4. The molecule has 0 heterocycles. The fourth-order valence-corrected chi connectivity index (χ4v) is 2.12. The Balaban J connectivity index is 2.47. The van der Waals surface area contributed by atoms with Gasteiger partial charge < -0.3 is 20.3 Å². The van der Waals surface area contributed by atoms with Crippen molar-refractivity contribution in [3.8, 4) is 5.75 Å². The summed E-state index contributed by atoms with van der Waals surface area (Å²) >= 11 is 0. The number of aliphatic hydroxyl groups is 2. The van der Waals surface area contributed by atoms with Crippen LogP contribution in [0.1, 0.15) is 45.1 Å². The van der Waals surface area contributed by atoms with Gasteiger partial charge in [0, 0.05) is 12.6 Å². The monoisotopic (exact) mass is 295 g/mol. The maximum absolute atomic E-state index is 9.97. The van der Waals surface area contributed by atoms with Crippen molar-refractivity contribution in [2.75, 3.05) is 19.8 Å². The topological polar surface area (TPSA) is 61.7 Å². The lowest BCUT2D eigenvalue weighted by molar-refractivity contribution is 0.0988. The lowest BCUT2D eigenvalue weighted by Crippen LogP contribution is -2.39. The molecular weight excluding hydrogens is 266 g/mol. The number of para-hydroxylation sites is 1. The van der Waals surface area contributed by atoms with Gasteiger partial charge in [0.15, 0.2) is 0 Å². The van der Waals surface area contributed by atoms with Gasteiger partial charge in [-0.2, -0.15) is 0 Å². The van der Waals surface area contributed by atoms with Gasteiger partial charge in [0.25, 0.3) is 0 Å². The van der Waals surface area contributed by atoms with Crippen LogP contribution in [0.4, 0.5) is 0 Å². The van der Waals surface area contributed by atoms with Gasteiger partial charge in [0.05, 0.1) is 6.61 Å². The van der Waals surface area contributed by atoms with Crippen LogP contribution in [-0.4, -0.2) is 42.1 Å². The van der Waals surface area contributed by atoms with E-state index in [1.54, 1.807) is 0 Å². The van der Waals surface area contributed by atoms with E-state index in [9.17, 15) is 5.11 Å². The van der Waals surface area contributed by atoms with Gasteiger partial charge in [-0.25, -0.2) is 0 Å². The molecule has 1 aromatic carbocycles. The van der Waals surface area contributed by atoms with E-state index in [-0.39, 0.29) is 19.3 Å². The van der Waals surface area contributed by atoms with Crippen LogP contribution in [0, 0.1) is 0 Å². The number of benzene rings is 1. The lowest BCUT2D eigenvalue weighted by Gasteiger charge is -2.20. The smallest absolute Gasteiger partial charge is 0.122 e. The Morgan fingerprint density at radius 3 is 2.52 bits per heavy atom. The van der Waals surface area contributed by atoms with Gasteiger partial charge in [-0.15, -0.1) is 0 Å². The average molecular weight is 295 g/mol. The predicted octanol–water partition coefficient (Wildman–Crippen LogP) is 2.30. The number of nitrogens with one attached hydrogen (secondary N) is 1. The van der Waals surface area contributed by atoms with Gasteiger partial charge in [0.2, 0.25) is 0 Å². The summed E-state index contributed by atoms with van der Waals surface area (Å²) in [7, 11) is 0. The SMILES string of the molecule is CC[C@H](CO)NC[C@H](O)COc1ccccc1[C@@H](C)CC. The van der Waals surface area contributed by atoms with Gasteiger partial charge in [0.1, 0.15) is 18.5 Å². The van der Waals surface area contributed by atoms with E-state index >= 15 is 0 Å². The Morgan fingerprint density at radius 1 is 1.19 bits per heavy atom. The fraction of sp³-hybridized carbons (Fsp3) is 0.647. The molecule has 4 heteroatoms. The molecule has 1 rings (SSSR count). The molecule has 3 atom stereocenters. The summed E-state index contributed by atoms with van der Waals surface area (Å²) in [6.07, 6.45) is 1.30. The maximum atomic E-state index is 9.97. The Hall–Kier alpha value is -1.10. The zero-order valence-corrected chi connectivity index (χ0v) is 13.4. The van der Waals surface area contributed by atoms with Crippen molar-refractivity contribution < 1.29 is 14.9 Å². The molecule has 4 nitrogen and oxygen atoms in total. The van der Waals surface area contributed by atoms with Gasteiger partial charge in [-0.3, -0.25) is 0 Å². The molecule has 0 aliphatic rings. The highest BCUT2D eigenvalue weighted by molar-refractivity contribution is 5.35. The van der Waals surface area contributed by atoms with E-state index < -0.39 is 6.10 Å². The third kappa shape index (κ3) is 6.04. The molecule has 1 aromatic rings. The molecule has 3 N–H and O–H groups in total. The van der Waals surface area contributed by atoms with E-state index in [1.165, 1.54) is 5.56 Å². The van der Waals surface area contributed by atoms with Crippen LogP contribution >= 0.6 is 0 Å². The van der Waals surface area contributed by atoms with Crippen molar-refractivity contribution in [2.24, 2.45) is 0 Å². The van der Waals surface area contributed by atoms with Crippen LogP contribution in [0.25, 0.3) is 0 Å². The standard InChI is InChI=1S/C17H29NO3/c1-4-13(3)16-8-6-7-9-17(16)21-12-15(20)10-18-14(5-2)11-19/h6-9,13-15,18-20H,4-5,10-12H2,1-3H3/t13-,14+,15-/m0/s1. The second-order valence-corrected chi connectivity index (χ2v) is 5.51. The molecule has 120 valence electrons. The van der Waals surface area contributed by atoms with E-state index in [1.807, 2.05) is 25.1 Å². The normalized spacial score (nSPS) is 15.5. The van der Waals surface area contributed by atoms with Crippen molar-refractivity contribution >= 4 is 0 Å². The summed E-state index contributed by atoms with van der Waals surface area (Å²) in [5.74, 6) is 1.29. The van der Waals surface area contributed by atoms with Crippen molar-refractivity contribution in [3.05, 3.63) is 29.8 Å². The molecule has 0 aliphatic heterocycles. The highest BCUT2D eigenvalue weighted by atomic mass is 16.5. The van der Waals surface area contributed by atoms with Crippen molar-refractivity contribution in [3.63, 3.8) is 0 Å². The van der Waals surface area contributed by atoms with E-state index in [4.69, 9.17) is 9.84 Å². The molecule has 0 unspecified atom stereocenters. The first-order valence-corrected chi connectivity index (χ1v) is 7.86. The summed E-state index contributed by atoms with van der Waals surface area (Å²) in [5, 5.41) is 22.2. The predicted molar refractivity (Wildman–Crippen MR) is 85.8 cm³/mol. The number of ether oxygens (including phenoxy) is 1. The first-order valence-electron chi connectivity index (χ1n) is 7.86. The highest BCUT2D eigenvalue weighted by Crippen LogP contribution is 2.28. The second-order valence-electron chi connectivity index (χ2n) is 5.51. The molecule has 0 saturated carbocycles. The number of rotatable bonds is 10. The molecule has 21 heavy (non-hydrogen) atoms. The second kappa shape index (κ2) is 9.77. The minimum Gasteiger partial charge on any atom is -0.491 e. The third-order valence-electron chi connectivity index (χ3n) is 3.85. The van der Waals surface area contributed by atoms with Gasteiger partial charge in [-0.05, 0) is 30.4 Å². The molecule has 0 radical (unpaired) electrons. The Morgan fingerprint density at radius 2 is 1.90 bits per heavy atom. The van der Waals surface area contributed by atoms with Crippen LogP contribution < -0.4 is 10.1 Å². The molecule has 0 amide bonds. The molecular formula is C17H29NO3. The zero-order valence-electron chi connectivity index (χ0n) is 13.4. The maximum Gasteiger partial charge on any atom is 0.122 e. The van der Waals surface area contributed by atoms with Crippen LogP contribution in [-0.2, 0) is 0 Å². The van der Waals surface area contributed by atoms with Crippen molar-refractivity contribution in [2.45, 2.75) is 51.7 Å². The molecule has 0 bridgehead atoms. The summed E-state index contributed by atoms with van der Waals surface area (Å²) in [6.45, 7) is 7.08. The minimum absolute atomic E-state index is 0.0343. The molecule has 0 fully saturated rings. The lowest BCUT2D eigenvalue weighted by atomic mass is 9.98. The van der Waals surface area contributed by atoms with E-state index in [2.05, 4.69) is 25.2 Å². The van der Waals surface area contributed by atoms with Gasteiger partial charge in [-0.1, -0.05) is 39.0 Å². The minimum atomic E-state index is -0.587. The largest absolute Gasteiger partial charge is 0.491 e. The van der Waals surface area contributed by atoms with E-state index in [0.717, 1.165) is 18.6 Å². The van der Waals surface area contributed by atoms with Crippen LogP contribution in [0.15, 0.2) is 24.3 Å². The molecule has 0 spiro atoms. The molecule has 0 aliphatic carbocycles. The van der Waals surface area contributed by atoms with Gasteiger partial charge >= 0.3 is 0 Å². The third-order valence-corrected chi connectivity index (χ3v) is 3.85. The van der Waals surface area contributed by atoms with Crippen LogP contribution in [0.2, 0.25) is 0 Å². The quantitative estimate of drug-likeness (QED) is 0.620. The van der Waals surface area contributed by atoms with Crippen molar-refractivity contribution in [1.29, 1.82) is 0 Å². The van der Waals surface area contributed by atoms with Crippen LogP contribution in [0.5, 0.6) is 5.75 Å². The van der Waals surface area contributed by atoms with Crippen molar-refractivity contribution in [1.82, 2.24) is 5.32 Å². The van der Waals surface area contributed by atoms with E-state index in [0.29, 0.717) is 12.5 Å². The average Bonchev–Trinajstić information content (AvgIpc) is 2.53. The Bertz CT molecular complexity index is 393. The summed E-state index contributed by atoms with van der Waals surface area (Å²) in [4.78, 5) is 0. The fourth-order valence-electron chi connectivity index (χ4n) is 2.12. The first kappa shape index (κ1) is 18.0. The summed E-state index contributed by atoms with van der Waals surface area (Å²) in [5.41, 5.74) is 1.18. The highest BCUT2D eigenvalue weighted by Gasteiger charge is 2.12. The Labute approximate surface area is 128 Å². The first-order chi connectivity index (χ1) is 10.1. The molecule has 0 saturated heterocycles. The number of hydrogen-bond donors (Lipinski definition) is 3.